The molecule has 0 aromatic carbocycles. The van der Waals surface area contributed by atoms with Crippen LogP contribution in [0.5, 0.6) is 0 Å². The molecular weight excluding hydrogens is 240 g/mol. The maximum Gasteiger partial charge on any atom is 0.239 e. The molecule has 3 saturated heterocycles. The normalized spacial score (nSPS) is 35.5. The Morgan fingerprint density at radius 1 is 1.00 bits per heavy atom. The quantitative estimate of drug-likeness (QED) is 0.746. The standard InChI is InChI=1S/C14H26N4O/c1-16-6-5-13(14(16)19)18-9-4-12(10-18)17-7-2-11(15)3-8-17/h11-13H,2-10,15H2,1H3. The Labute approximate surface area is 115 Å². The zero-order valence-electron chi connectivity index (χ0n) is 11.9. The van der Waals surface area contributed by atoms with Crippen molar-refractivity contribution in [1.82, 2.24) is 14.7 Å². The van der Waals surface area contributed by atoms with Gasteiger partial charge < -0.3 is 10.6 Å². The molecule has 0 spiro atoms. The van der Waals surface area contributed by atoms with E-state index >= 15 is 0 Å². The number of nitrogens with zero attached hydrogens (tertiary/aromatic N) is 3. The molecule has 3 aliphatic rings. The predicted molar refractivity (Wildman–Crippen MR) is 74.8 cm³/mol. The summed E-state index contributed by atoms with van der Waals surface area (Å²) in [4.78, 5) is 18.9. The molecule has 0 saturated carbocycles. The van der Waals surface area contributed by atoms with Crippen LogP contribution in [0.15, 0.2) is 0 Å². The molecule has 19 heavy (non-hydrogen) atoms. The van der Waals surface area contributed by atoms with E-state index in [2.05, 4.69) is 9.80 Å². The Kier molecular flexibility index (Phi) is 3.78. The SMILES string of the molecule is CN1CCC(N2CCC(N3CCC(N)CC3)C2)C1=O. The Balaban J connectivity index is 1.54. The summed E-state index contributed by atoms with van der Waals surface area (Å²) >= 11 is 0. The molecule has 3 heterocycles. The van der Waals surface area contributed by atoms with Gasteiger partial charge in [0.15, 0.2) is 0 Å². The number of piperidine rings is 1. The van der Waals surface area contributed by atoms with Crippen molar-refractivity contribution in [2.75, 3.05) is 39.8 Å². The minimum Gasteiger partial charge on any atom is -0.344 e. The predicted octanol–water partition coefficient (Wildman–Crippen LogP) is -0.285. The third kappa shape index (κ3) is 2.64. The van der Waals surface area contributed by atoms with Crippen LogP contribution in [0.3, 0.4) is 0 Å². The Morgan fingerprint density at radius 2 is 1.68 bits per heavy atom. The number of rotatable bonds is 2. The van der Waals surface area contributed by atoms with Crippen LogP contribution in [0, 0.1) is 0 Å². The fourth-order valence-corrected chi connectivity index (χ4v) is 3.78. The van der Waals surface area contributed by atoms with Crippen LogP contribution in [0.2, 0.25) is 0 Å². The van der Waals surface area contributed by atoms with Gasteiger partial charge in [-0.25, -0.2) is 0 Å². The molecule has 3 aliphatic heterocycles. The highest BCUT2D eigenvalue weighted by Gasteiger charge is 2.39. The van der Waals surface area contributed by atoms with Crippen molar-refractivity contribution in [2.24, 2.45) is 5.73 Å². The minimum atomic E-state index is 0.155. The molecule has 3 rings (SSSR count). The number of carbonyl (C=O) groups excluding carboxylic acids is 1. The van der Waals surface area contributed by atoms with Crippen LogP contribution in [0.1, 0.15) is 25.7 Å². The van der Waals surface area contributed by atoms with E-state index in [4.69, 9.17) is 5.73 Å². The number of nitrogens with two attached hydrogens (primary N) is 1. The average molecular weight is 266 g/mol. The first-order chi connectivity index (χ1) is 9.15. The van der Waals surface area contributed by atoms with Gasteiger partial charge >= 0.3 is 0 Å². The first-order valence-corrected chi connectivity index (χ1v) is 7.64. The molecule has 0 aromatic heterocycles. The largest absolute Gasteiger partial charge is 0.344 e. The lowest BCUT2D eigenvalue weighted by atomic mass is 10.0. The summed E-state index contributed by atoms with van der Waals surface area (Å²) in [6, 6.07) is 1.20. The number of hydrogen-bond acceptors (Lipinski definition) is 4. The highest BCUT2D eigenvalue weighted by atomic mass is 16.2. The summed E-state index contributed by atoms with van der Waals surface area (Å²) in [6.45, 7) is 5.34. The summed E-state index contributed by atoms with van der Waals surface area (Å²) < 4.78 is 0. The highest BCUT2D eigenvalue weighted by Crippen LogP contribution is 2.25. The minimum absolute atomic E-state index is 0.155. The molecule has 108 valence electrons. The van der Waals surface area contributed by atoms with Gasteiger partial charge in [0, 0.05) is 38.8 Å². The second-order valence-corrected chi connectivity index (χ2v) is 6.38. The lowest BCUT2D eigenvalue weighted by molar-refractivity contribution is -0.130. The van der Waals surface area contributed by atoms with E-state index in [1.165, 1.54) is 6.42 Å². The Morgan fingerprint density at radius 3 is 2.32 bits per heavy atom. The van der Waals surface area contributed by atoms with E-state index in [1.807, 2.05) is 11.9 Å². The third-order valence-corrected chi connectivity index (χ3v) is 5.13. The summed E-state index contributed by atoms with van der Waals surface area (Å²) in [5.41, 5.74) is 5.97. The number of amides is 1. The molecule has 2 unspecified atom stereocenters. The smallest absolute Gasteiger partial charge is 0.239 e. The lowest BCUT2D eigenvalue weighted by Crippen LogP contribution is -2.47. The molecule has 0 bridgehead atoms. The third-order valence-electron chi connectivity index (χ3n) is 5.13. The van der Waals surface area contributed by atoms with Crippen LogP contribution >= 0.6 is 0 Å². The van der Waals surface area contributed by atoms with E-state index in [0.29, 0.717) is 18.0 Å². The van der Waals surface area contributed by atoms with Gasteiger partial charge in [-0.05, 0) is 38.8 Å². The number of likely N-dealkylation sites (N-methyl/N-ethyl adjacent to an activating group) is 1. The summed E-state index contributed by atoms with van der Waals surface area (Å²) in [6.07, 6.45) is 4.47. The maximum absolute atomic E-state index is 12.1. The molecule has 2 atom stereocenters. The summed E-state index contributed by atoms with van der Waals surface area (Å²) in [5, 5.41) is 0. The molecular formula is C14H26N4O. The van der Waals surface area contributed by atoms with Crippen molar-refractivity contribution in [3.63, 3.8) is 0 Å². The first kappa shape index (κ1) is 13.3. The summed E-state index contributed by atoms with van der Waals surface area (Å²) in [5.74, 6) is 0.321. The second kappa shape index (κ2) is 5.38. The van der Waals surface area contributed by atoms with Gasteiger partial charge in [0.1, 0.15) is 0 Å². The van der Waals surface area contributed by atoms with E-state index in [9.17, 15) is 4.79 Å². The maximum atomic E-state index is 12.1. The van der Waals surface area contributed by atoms with Crippen LogP contribution in [-0.2, 0) is 4.79 Å². The van der Waals surface area contributed by atoms with Crippen LogP contribution in [0.25, 0.3) is 0 Å². The van der Waals surface area contributed by atoms with Gasteiger partial charge in [0.2, 0.25) is 5.91 Å². The van der Waals surface area contributed by atoms with Crippen molar-refractivity contribution >= 4 is 5.91 Å². The summed E-state index contributed by atoms with van der Waals surface area (Å²) in [7, 11) is 1.92. The van der Waals surface area contributed by atoms with Gasteiger partial charge in [-0.2, -0.15) is 0 Å². The first-order valence-electron chi connectivity index (χ1n) is 7.64. The van der Waals surface area contributed by atoms with Crippen LogP contribution in [0.4, 0.5) is 0 Å². The van der Waals surface area contributed by atoms with Crippen molar-refractivity contribution < 1.29 is 4.79 Å². The number of hydrogen-bond donors (Lipinski definition) is 1. The molecule has 0 aromatic rings. The lowest BCUT2D eigenvalue weighted by Gasteiger charge is -2.35. The molecule has 3 fully saturated rings. The Hall–Kier alpha value is -0.650. The van der Waals surface area contributed by atoms with Gasteiger partial charge in [-0.3, -0.25) is 14.6 Å². The zero-order valence-corrected chi connectivity index (χ0v) is 11.9. The molecule has 1 amide bonds. The topological polar surface area (TPSA) is 52.8 Å². The average Bonchev–Trinajstić information content (AvgIpc) is 2.99. The molecule has 5 heteroatoms. The molecule has 5 nitrogen and oxygen atoms in total. The number of carbonyl (C=O) groups is 1. The van der Waals surface area contributed by atoms with E-state index in [-0.39, 0.29) is 6.04 Å². The number of likely N-dealkylation sites (tertiary alicyclic amines) is 3. The van der Waals surface area contributed by atoms with Crippen molar-refractivity contribution in [2.45, 2.75) is 43.8 Å². The second-order valence-electron chi connectivity index (χ2n) is 6.38. The highest BCUT2D eigenvalue weighted by molar-refractivity contribution is 5.83. The Bertz CT molecular complexity index is 340. The monoisotopic (exact) mass is 266 g/mol. The van der Waals surface area contributed by atoms with Crippen molar-refractivity contribution in [3.05, 3.63) is 0 Å². The fraction of sp³-hybridized carbons (Fsp3) is 0.929. The molecule has 0 aliphatic carbocycles. The van der Waals surface area contributed by atoms with Crippen LogP contribution < -0.4 is 5.73 Å². The molecule has 0 radical (unpaired) electrons. The van der Waals surface area contributed by atoms with Crippen molar-refractivity contribution in [3.8, 4) is 0 Å². The fourth-order valence-electron chi connectivity index (χ4n) is 3.78. The van der Waals surface area contributed by atoms with Gasteiger partial charge in [0.05, 0.1) is 6.04 Å². The van der Waals surface area contributed by atoms with E-state index in [1.54, 1.807) is 0 Å². The van der Waals surface area contributed by atoms with Gasteiger partial charge in [-0.15, -0.1) is 0 Å². The van der Waals surface area contributed by atoms with Crippen LogP contribution in [-0.4, -0.2) is 78.5 Å². The van der Waals surface area contributed by atoms with Gasteiger partial charge in [-0.1, -0.05) is 0 Å². The van der Waals surface area contributed by atoms with Crippen molar-refractivity contribution in [1.29, 1.82) is 0 Å². The zero-order chi connectivity index (χ0) is 13.4. The van der Waals surface area contributed by atoms with Gasteiger partial charge in [0.25, 0.3) is 0 Å². The molecule has 2 N–H and O–H groups in total. The van der Waals surface area contributed by atoms with E-state index in [0.717, 1.165) is 52.0 Å². The van der Waals surface area contributed by atoms with E-state index < -0.39 is 0 Å².